The molecule has 1 spiro atoms. The summed E-state index contributed by atoms with van der Waals surface area (Å²) in [6, 6.07) is 0. The van der Waals surface area contributed by atoms with E-state index in [0.29, 0.717) is 18.3 Å². The minimum absolute atomic E-state index is 0.0132. The molecule has 1 saturated heterocycles. The summed E-state index contributed by atoms with van der Waals surface area (Å²) in [4.78, 5) is 25.7. The van der Waals surface area contributed by atoms with Gasteiger partial charge in [0.05, 0.1) is 11.5 Å². The summed E-state index contributed by atoms with van der Waals surface area (Å²) in [6.07, 6.45) is 8.83. The molecule has 10 atom stereocenters. The molecule has 0 aromatic heterocycles. The van der Waals surface area contributed by atoms with Gasteiger partial charge in [-0.3, -0.25) is 9.59 Å². The zero-order chi connectivity index (χ0) is 27.0. The van der Waals surface area contributed by atoms with Crippen LogP contribution in [0, 0.1) is 50.2 Å². The van der Waals surface area contributed by atoms with Crippen molar-refractivity contribution >= 4 is 11.9 Å². The topological polar surface area (TPSA) is 72.8 Å². The molecule has 0 unspecified atom stereocenters. The van der Waals surface area contributed by atoms with Gasteiger partial charge in [0, 0.05) is 23.7 Å². The average molecular weight is 515 g/mol. The molecule has 0 aromatic carbocycles. The molecule has 0 amide bonds. The number of carbonyl (C=O) groups is 2. The maximum absolute atomic E-state index is 13.8. The van der Waals surface area contributed by atoms with Gasteiger partial charge in [-0.25, -0.2) is 0 Å². The molecule has 5 nitrogen and oxygen atoms in total. The van der Waals surface area contributed by atoms with Crippen molar-refractivity contribution in [2.24, 2.45) is 50.2 Å². The second-order valence-corrected chi connectivity index (χ2v) is 16.4. The molecule has 6 rings (SSSR count). The van der Waals surface area contributed by atoms with Crippen LogP contribution >= 0.6 is 0 Å². The van der Waals surface area contributed by atoms with E-state index in [2.05, 4.69) is 48.5 Å². The lowest BCUT2D eigenvalue weighted by atomic mass is 9.30. The molecule has 208 valence electrons. The molecule has 1 N–H and O–H groups in total. The first-order valence-corrected chi connectivity index (χ1v) is 15.1. The maximum Gasteiger partial charge on any atom is 0.313 e. The SMILES string of the molecule is CC(=O)O[C@H]1CC[C@]2(C)[C@H]3C[C@H](O)[C@]45OC(=O)[C@@]6(CCC(C)(C)C[C@H]64)CC[C@@]5(C)[C@]3(C)CC[C@H]2C1(C)C. The first kappa shape index (κ1) is 26.1. The number of hydrogen-bond donors (Lipinski definition) is 1. The van der Waals surface area contributed by atoms with Gasteiger partial charge in [0.25, 0.3) is 0 Å². The molecule has 6 fully saturated rings. The molecule has 5 saturated carbocycles. The van der Waals surface area contributed by atoms with Crippen molar-refractivity contribution in [2.45, 2.75) is 137 Å². The Labute approximate surface area is 223 Å². The Morgan fingerprint density at radius 3 is 2.24 bits per heavy atom. The van der Waals surface area contributed by atoms with E-state index >= 15 is 0 Å². The Hall–Kier alpha value is -1.10. The van der Waals surface area contributed by atoms with Gasteiger partial charge in [-0.05, 0) is 92.3 Å². The molecular weight excluding hydrogens is 464 g/mol. The minimum Gasteiger partial charge on any atom is -0.462 e. The largest absolute Gasteiger partial charge is 0.462 e. The molecule has 5 heteroatoms. The van der Waals surface area contributed by atoms with Crippen LogP contribution in [0.3, 0.4) is 0 Å². The second kappa shape index (κ2) is 7.34. The smallest absolute Gasteiger partial charge is 0.313 e. The van der Waals surface area contributed by atoms with Gasteiger partial charge in [0.2, 0.25) is 0 Å². The van der Waals surface area contributed by atoms with Gasteiger partial charge < -0.3 is 14.6 Å². The van der Waals surface area contributed by atoms with Crippen LogP contribution < -0.4 is 0 Å². The van der Waals surface area contributed by atoms with Crippen LogP contribution in [0.5, 0.6) is 0 Å². The molecule has 5 aliphatic carbocycles. The van der Waals surface area contributed by atoms with E-state index in [9.17, 15) is 14.7 Å². The van der Waals surface area contributed by atoms with Crippen molar-refractivity contribution in [3.8, 4) is 0 Å². The summed E-state index contributed by atoms with van der Waals surface area (Å²) in [5.41, 5.74) is -1.38. The van der Waals surface area contributed by atoms with Crippen LogP contribution in [0.15, 0.2) is 0 Å². The van der Waals surface area contributed by atoms with E-state index in [1.54, 1.807) is 0 Å². The monoisotopic (exact) mass is 514 g/mol. The molecule has 1 aliphatic heterocycles. The summed E-state index contributed by atoms with van der Waals surface area (Å²) in [7, 11) is 0. The standard InChI is InChI=1S/C32H50O5/c1-19(33)36-24-10-11-28(6)20(27(24,4)5)9-12-29(7)21(28)17-23(34)32-22-18-26(2,3)13-15-31(22,25(35)37-32)16-14-30(29,32)8/h20-24,34H,9-18H2,1-8H3/t20-,21+,22+,23-,24-,28-,29+,30-,31-,32+/m0/s1. The number of ether oxygens (including phenoxy) is 2. The molecule has 2 bridgehead atoms. The molecule has 1 heterocycles. The zero-order valence-electron chi connectivity index (χ0n) is 24.5. The van der Waals surface area contributed by atoms with Crippen LogP contribution in [0.1, 0.15) is 120 Å². The Bertz CT molecular complexity index is 1030. The van der Waals surface area contributed by atoms with Crippen LogP contribution in [0.4, 0.5) is 0 Å². The van der Waals surface area contributed by atoms with Crippen molar-refractivity contribution in [2.75, 3.05) is 0 Å². The fraction of sp³-hybridized carbons (Fsp3) is 0.938. The zero-order valence-corrected chi connectivity index (χ0v) is 24.5. The lowest BCUT2D eigenvalue weighted by Gasteiger charge is -2.74. The quantitative estimate of drug-likeness (QED) is 0.407. The fourth-order valence-electron chi connectivity index (χ4n) is 12.2. The molecule has 0 radical (unpaired) electrons. The third-order valence-corrected chi connectivity index (χ3v) is 14.3. The van der Waals surface area contributed by atoms with Crippen molar-refractivity contribution in [3.05, 3.63) is 0 Å². The van der Waals surface area contributed by atoms with Gasteiger partial charge in [-0.2, -0.15) is 0 Å². The number of aliphatic hydroxyl groups excluding tert-OH is 1. The minimum atomic E-state index is -0.779. The highest BCUT2D eigenvalue weighted by atomic mass is 16.6. The average Bonchev–Trinajstić information content (AvgIpc) is 2.97. The van der Waals surface area contributed by atoms with E-state index in [1.807, 2.05) is 0 Å². The van der Waals surface area contributed by atoms with Crippen LogP contribution in [0.25, 0.3) is 0 Å². The predicted octanol–water partition coefficient (Wildman–Crippen LogP) is 6.45. The molecule has 37 heavy (non-hydrogen) atoms. The Morgan fingerprint density at radius 2 is 1.57 bits per heavy atom. The van der Waals surface area contributed by atoms with Crippen molar-refractivity contribution in [1.29, 1.82) is 0 Å². The Balaban J connectivity index is 1.44. The maximum atomic E-state index is 13.8. The number of fused-ring (bicyclic) bond motifs is 4. The van der Waals surface area contributed by atoms with E-state index < -0.39 is 17.1 Å². The number of rotatable bonds is 1. The predicted molar refractivity (Wildman–Crippen MR) is 141 cm³/mol. The van der Waals surface area contributed by atoms with Crippen molar-refractivity contribution in [3.63, 3.8) is 0 Å². The highest BCUT2D eigenvalue weighted by Crippen LogP contribution is 2.80. The van der Waals surface area contributed by atoms with Gasteiger partial charge in [-0.1, -0.05) is 48.5 Å². The van der Waals surface area contributed by atoms with E-state index in [0.717, 1.165) is 57.8 Å². The Morgan fingerprint density at radius 1 is 0.892 bits per heavy atom. The summed E-state index contributed by atoms with van der Waals surface area (Å²) in [5.74, 6) is 0.660. The van der Waals surface area contributed by atoms with Crippen molar-refractivity contribution in [1.82, 2.24) is 0 Å². The number of aliphatic hydroxyl groups is 1. The summed E-state index contributed by atoms with van der Waals surface area (Å²) in [6.45, 7) is 18.1. The van der Waals surface area contributed by atoms with Crippen LogP contribution in [0.2, 0.25) is 0 Å². The highest BCUT2D eigenvalue weighted by Gasteiger charge is 2.83. The number of carbonyl (C=O) groups excluding carboxylic acids is 2. The normalized spacial score (nSPS) is 55.2. The summed E-state index contributed by atoms with van der Waals surface area (Å²) >= 11 is 0. The molecule has 0 aromatic rings. The number of hydrogen-bond acceptors (Lipinski definition) is 5. The van der Waals surface area contributed by atoms with Crippen LogP contribution in [-0.2, 0) is 19.1 Å². The lowest BCUT2D eigenvalue weighted by molar-refractivity contribution is -0.317. The fourth-order valence-corrected chi connectivity index (χ4v) is 12.2. The third kappa shape index (κ3) is 2.86. The van der Waals surface area contributed by atoms with E-state index in [-0.39, 0.29) is 51.0 Å². The third-order valence-electron chi connectivity index (χ3n) is 14.3. The second-order valence-electron chi connectivity index (χ2n) is 16.4. The van der Waals surface area contributed by atoms with Gasteiger partial charge >= 0.3 is 11.9 Å². The van der Waals surface area contributed by atoms with E-state index in [1.165, 1.54) is 6.92 Å². The first-order valence-electron chi connectivity index (χ1n) is 15.1. The highest BCUT2D eigenvalue weighted by molar-refractivity contribution is 5.82. The first-order chi connectivity index (χ1) is 17.0. The van der Waals surface area contributed by atoms with Crippen molar-refractivity contribution < 1.29 is 24.2 Å². The van der Waals surface area contributed by atoms with Gasteiger partial charge in [0.15, 0.2) is 0 Å². The molecule has 6 aliphatic rings. The van der Waals surface area contributed by atoms with Crippen LogP contribution in [-0.4, -0.2) is 34.9 Å². The molecular formula is C32H50O5. The number of esters is 2. The lowest BCUT2D eigenvalue weighted by Crippen LogP contribution is -2.76. The summed E-state index contributed by atoms with van der Waals surface area (Å²) < 4.78 is 12.5. The van der Waals surface area contributed by atoms with Gasteiger partial charge in [0.1, 0.15) is 11.7 Å². The van der Waals surface area contributed by atoms with Gasteiger partial charge in [-0.15, -0.1) is 0 Å². The Kier molecular flexibility index (Phi) is 5.19. The summed E-state index contributed by atoms with van der Waals surface area (Å²) in [5, 5.41) is 12.3. The van der Waals surface area contributed by atoms with E-state index in [4.69, 9.17) is 9.47 Å².